The average Bonchev–Trinajstić information content (AvgIpc) is 2.97. The van der Waals surface area contributed by atoms with Gasteiger partial charge in [0.15, 0.2) is 0 Å². The van der Waals surface area contributed by atoms with Gasteiger partial charge in [-0.1, -0.05) is 29.3 Å². The maximum atomic E-state index is 12.4. The fourth-order valence-corrected chi connectivity index (χ4v) is 3.37. The van der Waals surface area contributed by atoms with E-state index in [0.29, 0.717) is 16.5 Å². The van der Waals surface area contributed by atoms with Gasteiger partial charge in [0.1, 0.15) is 0 Å². The number of hydrogen-bond donors (Lipinski definition) is 0. The molecule has 1 saturated heterocycles. The van der Waals surface area contributed by atoms with Crippen LogP contribution in [-0.4, -0.2) is 47.9 Å². The van der Waals surface area contributed by atoms with E-state index >= 15 is 0 Å². The molecule has 0 atom stereocenters. The van der Waals surface area contributed by atoms with Gasteiger partial charge < -0.3 is 4.90 Å². The minimum atomic E-state index is 0.0125. The van der Waals surface area contributed by atoms with E-state index in [1.54, 1.807) is 12.1 Å². The largest absolute Gasteiger partial charge is 0.344 e. The van der Waals surface area contributed by atoms with Crippen molar-refractivity contribution in [3.05, 3.63) is 33.8 Å². The topological polar surface area (TPSA) is 23.6 Å². The van der Waals surface area contributed by atoms with Crippen LogP contribution in [0, 0.1) is 0 Å². The number of likely N-dealkylation sites (tertiary alicyclic amines) is 1. The van der Waals surface area contributed by atoms with Crippen LogP contribution in [0.3, 0.4) is 0 Å². The number of amides is 1. The van der Waals surface area contributed by atoms with Crippen molar-refractivity contribution in [3.63, 3.8) is 0 Å². The first-order valence-electron chi connectivity index (χ1n) is 7.72. The summed E-state index contributed by atoms with van der Waals surface area (Å²) >= 11 is 11.9. The molecule has 0 radical (unpaired) electrons. The molecule has 1 amide bonds. The molecule has 1 aliphatic heterocycles. The van der Waals surface area contributed by atoms with E-state index in [-0.39, 0.29) is 11.4 Å². The smallest absolute Gasteiger partial charge is 0.226 e. The van der Waals surface area contributed by atoms with Crippen molar-refractivity contribution in [1.29, 1.82) is 0 Å². The summed E-state index contributed by atoms with van der Waals surface area (Å²) in [6, 6.07) is 5.35. The van der Waals surface area contributed by atoms with Crippen molar-refractivity contribution >= 4 is 29.1 Å². The monoisotopic (exact) mass is 342 g/mol. The molecule has 0 spiro atoms. The second-order valence-corrected chi connectivity index (χ2v) is 7.50. The summed E-state index contributed by atoms with van der Waals surface area (Å²) in [6.45, 7) is 7.40. The van der Waals surface area contributed by atoms with E-state index < -0.39 is 0 Å². The number of carbonyl (C=O) groups excluding carboxylic acids is 1. The molecule has 2 rings (SSSR count). The molecule has 0 aromatic heterocycles. The molecule has 1 aliphatic rings. The first-order chi connectivity index (χ1) is 10.3. The summed E-state index contributed by atoms with van der Waals surface area (Å²) in [5.74, 6) is 0.102. The summed E-state index contributed by atoms with van der Waals surface area (Å²) in [4.78, 5) is 16.7. The quantitative estimate of drug-likeness (QED) is 0.810. The Labute approximate surface area is 143 Å². The number of benzene rings is 1. The predicted molar refractivity (Wildman–Crippen MR) is 92.7 cm³/mol. The van der Waals surface area contributed by atoms with Crippen LogP contribution in [0.5, 0.6) is 0 Å². The molecular weight excluding hydrogens is 319 g/mol. The van der Waals surface area contributed by atoms with Crippen molar-refractivity contribution in [2.24, 2.45) is 0 Å². The number of rotatable bonds is 5. The van der Waals surface area contributed by atoms with Crippen LogP contribution < -0.4 is 0 Å². The predicted octanol–water partition coefficient (Wildman–Crippen LogP) is 3.87. The van der Waals surface area contributed by atoms with Gasteiger partial charge in [0, 0.05) is 19.1 Å². The molecule has 0 bridgehead atoms. The lowest BCUT2D eigenvalue weighted by Gasteiger charge is -2.38. The van der Waals surface area contributed by atoms with E-state index in [1.165, 1.54) is 12.8 Å². The van der Waals surface area contributed by atoms with Crippen LogP contribution in [0.4, 0.5) is 0 Å². The Kier molecular flexibility index (Phi) is 5.76. The molecule has 1 aromatic rings. The number of nitrogens with zero attached hydrogens (tertiary/aromatic N) is 2. The van der Waals surface area contributed by atoms with Gasteiger partial charge >= 0.3 is 0 Å². The van der Waals surface area contributed by atoms with E-state index in [0.717, 1.165) is 25.2 Å². The van der Waals surface area contributed by atoms with Crippen molar-refractivity contribution in [1.82, 2.24) is 9.80 Å². The summed E-state index contributed by atoms with van der Waals surface area (Å²) in [5, 5.41) is 1.01. The van der Waals surface area contributed by atoms with Gasteiger partial charge in [0.05, 0.1) is 16.5 Å². The number of halogens is 2. The second-order valence-electron chi connectivity index (χ2n) is 6.68. The highest BCUT2D eigenvalue weighted by atomic mass is 35.5. The molecule has 5 heteroatoms. The number of likely N-dealkylation sites (N-methyl/N-ethyl adjacent to an activating group) is 1. The highest BCUT2D eigenvalue weighted by Gasteiger charge is 2.31. The standard InChI is InChI=1S/C17H24Cl2N2O/c1-17(2,21-8-4-5-9-21)12-20(3)16(22)11-13-6-7-14(18)15(19)10-13/h6-7,10H,4-5,8-9,11-12H2,1-3H3. The Balaban J connectivity index is 1.95. The zero-order chi connectivity index (χ0) is 16.3. The van der Waals surface area contributed by atoms with Crippen LogP contribution in [-0.2, 0) is 11.2 Å². The van der Waals surface area contributed by atoms with Crippen molar-refractivity contribution in [2.75, 3.05) is 26.7 Å². The summed E-state index contributed by atoms with van der Waals surface area (Å²) in [6.07, 6.45) is 2.86. The third kappa shape index (κ3) is 4.37. The first-order valence-corrected chi connectivity index (χ1v) is 8.48. The molecule has 0 aliphatic carbocycles. The van der Waals surface area contributed by atoms with Crippen LogP contribution in [0.1, 0.15) is 32.3 Å². The average molecular weight is 343 g/mol. The van der Waals surface area contributed by atoms with Gasteiger partial charge in [0.2, 0.25) is 5.91 Å². The van der Waals surface area contributed by atoms with Crippen LogP contribution in [0.2, 0.25) is 10.0 Å². The third-order valence-corrected chi connectivity index (χ3v) is 5.09. The van der Waals surface area contributed by atoms with E-state index in [2.05, 4.69) is 18.7 Å². The van der Waals surface area contributed by atoms with Crippen LogP contribution in [0.15, 0.2) is 18.2 Å². The Bertz CT molecular complexity index is 539. The van der Waals surface area contributed by atoms with Gasteiger partial charge in [0.25, 0.3) is 0 Å². The molecule has 3 nitrogen and oxygen atoms in total. The molecule has 22 heavy (non-hydrogen) atoms. The Morgan fingerprint density at radius 2 is 1.86 bits per heavy atom. The first kappa shape index (κ1) is 17.6. The zero-order valence-corrected chi connectivity index (χ0v) is 15.0. The molecule has 0 saturated carbocycles. The third-order valence-electron chi connectivity index (χ3n) is 4.35. The van der Waals surface area contributed by atoms with E-state index in [1.807, 2.05) is 18.0 Å². The molecular formula is C17H24Cl2N2O. The molecule has 0 N–H and O–H groups in total. The maximum Gasteiger partial charge on any atom is 0.226 e. The molecule has 1 heterocycles. The number of hydrogen-bond acceptors (Lipinski definition) is 2. The van der Waals surface area contributed by atoms with Gasteiger partial charge in [-0.25, -0.2) is 0 Å². The minimum Gasteiger partial charge on any atom is -0.344 e. The van der Waals surface area contributed by atoms with Crippen LogP contribution >= 0.6 is 23.2 Å². The van der Waals surface area contributed by atoms with Gasteiger partial charge in [-0.15, -0.1) is 0 Å². The fraction of sp³-hybridized carbons (Fsp3) is 0.588. The fourth-order valence-electron chi connectivity index (χ4n) is 3.05. The lowest BCUT2D eigenvalue weighted by Crippen LogP contribution is -2.51. The number of carbonyl (C=O) groups is 1. The summed E-state index contributed by atoms with van der Waals surface area (Å²) in [5.41, 5.74) is 0.906. The van der Waals surface area contributed by atoms with Crippen molar-refractivity contribution in [2.45, 2.75) is 38.6 Å². The Morgan fingerprint density at radius 3 is 2.45 bits per heavy atom. The van der Waals surface area contributed by atoms with Crippen molar-refractivity contribution in [3.8, 4) is 0 Å². The van der Waals surface area contributed by atoms with E-state index in [4.69, 9.17) is 23.2 Å². The van der Waals surface area contributed by atoms with Gasteiger partial charge in [-0.05, 0) is 57.5 Å². The van der Waals surface area contributed by atoms with Crippen LogP contribution in [0.25, 0.3) is 0 Å². The molecule has 0 unspecified atom stereocenters. The Hall–Kier alpha value is -0.770. The summed E-state index contributed by atoms with van der Waals surface area (Å²) in [7, 11) is 1.87. The van der Waals surface area contributed by atoms with Crippen molar-refractivity contribution < 1.29 is 4.79 Å². The minimum absolute atomic E-state index is 0.0125. The highest BCUT2D eigenvalue weighted by Crippen LogP contribution is 2.24. The lowest BCUT2D eigenvalue weighted by atomic mass is 10.0. The Morgan fingerprint density at radius 1 is 1.23 bits per heavy atom. The zero-order valence-electron chi connectivity index (χ0n) is 13.5. The molecule has 1 aromatic carbocycles. The van der Waals surface area contributed by atoms with E-state index in [9.17, 15) is 4.79 Å². The van der Waals surface area contributed by atoms with Gasteiger partial charge in [-0.3, -0.25) is 9.69 Å². The molecule has 1 fully saturated rings. The maximum absolute atomic E-state index is 12.4. The second kappa shape index (κ2) is 7.20. The lowest BCUT2D eigenvalue weighted by molar-refractivity contribution is -0.130. The SMILES string of the molecule is CN(CC(C)(C)N1CCCC1)C(=O)Cc1ccc(Cl)c(Cl)c1. The summed E-state index contributed by atoms with van der Waals surface area (Å²) < 4.78 is 0. The normalized spacial score (nSPS) is 16.0. The molecule has 122 valence electrons. The van der Waals surface area contributed by atoms with Gasteiger partial charge in [-0.2, -0.15) is 0 Å². The highest BCUT2D eigenvalue weighted by molar-refractivity contribution is 6.42.